The van der Waals surface area contributed by atoms with Crippen molar-refractivity contribution in [3.05, 3.63) is 66.6 Å². The minimum Gasteiger partial charge on any atom is -0.369 e. The molecular formula is C19H18FN3O2S2. The number of sulfonamides is 1. The van der Waals surface area contributed by atoms with Crippen molar-refractivity contribution in [2.24, 2.45) is 0 Å². The maximum atomic E-state index is 13.1. The van der Waals surface area contributed by atoms with E-state index in [4.69, 9.17) is 0 Å². The number of thiazole rings is 1. The minimum atomic E-state index is -3.57. The van der Waals surface area contributed by atoms with Gasteiger partial charge in [-0.15, -0.1) is 11.3 Å². The number of aromatic nitrogens is 1. The van der Waals surface area contributed by atoms with Crippen LogP contribution in [-0.2, 0) is 10.0 Å². The molecule has 0 atom stereocenters. The van der Waals surface area contributed by atoms with Crippen LogP contribution in [0.3, 0.4) is 0 Å². The molecule has 0 N–H and O–H groups in total. The molecule has 0 aliphatic carbocycles. The van der Waals surface area contributed by atoms with E-state index in [2.05, 4.69) is 9.88 Å². The van der Waals surface area contributed by atoms with Crippen LogP contribution in [0.1, 0.15) is 0 Å². The van der Waals surface area contributed by atoms with Gasteiger partial charge in [-0.1, -0.05) is 18.2 Å². The molecule has 5 nitrogen and oxygen atoms in total. The Morgan fingerprint density at radius 2 is 1.59 bits per heavy atom. The fourth-order valence-electron chi connectivity index (χ4n) is 3.06. The number of hydrogen-bond donors (Lipinski definition) is 0. The van der Waals surface area contributed by atoms with Crippen LogP contribution in [0.4, 0.5) is 10.1 Å². The van der Waals surface area contributed by atoms with Gasteiger partial charge < -0.3 is 4.90 Å². The van der Waals surface area contributed by atoms with Crippen LogP contribution in [-0.4, -0.2) is 43.9 Å². The molecule has 8 heteroatoms. The van der Waals surface area contributed by atoms with E-state index in [1.54, 1.807) is 12.1 Å². The summed E-state index contributed by atoms with van der Waals surface area (Å²) in [5.74, 6) is -0.334. The third kappa shape index (κ3) is 3.73. The van der Waals surface area contributed by atoms with Gasteiger partial charge in [0.25, 0.3) is 10.0 Å². The molecule has 140 valence electrons. The summed E-state index contributed by atoms with van der Waals surface area (Å²) in [6, 6.07) is 15.9. The largest absolute Gasteiger partial charge is 0.369 e. The normalized spacial score (nSPS) is 15.8. The quantitative estimate of drug-likeness (QED) is 0.670. The maximum absolute atomic E-state index is 13.1. The Balaban J connectivity index is 1.49. The lowest BCUT2D eigenvalue weighted by Crippen LogP contribution is -2.48. The summed E-state index contributed by atoms with van der Waals surface area (Å²) in [7, 11) is -3.57. The minimum absolute atomic E-state index is 0.218. The topological polar surface area (TPSA) is 53.5 Å². The van der Waals surface area contributed by atoms with Crippen molar-refractivity contribution in [1.29, 1.82) is 0 Å². The van der Waals surface area contributed by atoms with Crippen LogP contribution in [0.15, 0.2) is 65.0 Å². The van der Waals surface area contributed by atoms with E-state index in [0.717, 1.165) is 17.0 Å². The summed E-state index contributed by atoms with van der Waals surface area (Å²) in [6.07, 6.45) is 1.39. The highest BCUT2D eigenvalue weighted by Gasteiger charge is 2.30. The molecule has 2 heterocycles. The smallest absolute Gasteiger partial charge is 0.254 e. The van der Waals surface area contributed by atoms with Gasteiger partial charge in [0.1, 0.15) is 10.8 Å². The highest BCUT2D eigenvalue weighted by Crippen LogP contribution is 2.30. The molecule has 0 saturated carbocycles. The number of para-hydroxylation sites is 1. The molecular weight excluding hydrogens is 385 g/mol. The van der Waals surface area contributed by atoms with Crippen molar-refractivity contribution < 1.29 is 12.8 Å². The van der Waals surface area contributed by atoms with E-state index in [9.17, 15) is 12.8 Å². The van der Waals surface area contributed by atoms with E-state index in [0.29, 0.717) is 36.8 Å². The van der Waals surface area contributed by atoms with Crippen LogP contribution in [0, 0.1) is 5.82 Å². The van der Waals surface area contributed by atoms with Gasteiger partial charge >= 0.3 is 0 Å². The fraction of sp³-hybridized carbons (Fsp3) is 0.211. The van der Waals surface area contributed by atoms with Gasteiger partial charge in [0.05, 0.1) is 6.20 Å². The molecule has 4 rings (SSSR count). The van der Waals surface area contributed by atoms with Crippen LogP contribution < -0.4 is 4.90 Å². The number of anilines is 1. The lowest BCUT2D eigenvalue weighted by atomic mass is 10.2. The summed E-state index contributed by atoms with van der Waals surface area (Å²) in [5, 5.41) is 0.566. The molecule has 0 unspecified atom stereocenters. The number of halogens is 1. The van der Waals surface area contributed by atoms with Crippen molar-refractivity contribution in [3.63, 3.8) is 0 Å². The van der Waals surface area contributed by atoms with Crippen molar-refractivity contribution in [3.8, 4) is 10.6 Å². The number of piperazine rings is 1. The van der Waals surface area contributed by atoms with Crippen molar-refractivity contribution >= 4 is 27.0 Å². The van der Waals surface area contributed by atoms with Crippen LogP contribution in [0.25, 0.3) is 10.6 Å². The van der Waals surface area contributed by atoms with Gasteiger partial charge in [-0.05, 0) is 36.4 Å². The first-order valence-corrected chi connectivity index (χ1v) is 10.8. The van der Waals surface area contributed by atoms with E-state index >= 15 is 0 Å². The maximum Gasteiger partial charge on any atom is 0.254 e. The molecule has 27 heavy (non-hydrogen) atoms. The monoisotopic (exact) mass is 403 g/mol. The summed E-state index contributed by atoms with van der Waals surface area (Å²) in [6.45, 7) is 2.15. The number of rotatable bonds is 4. The van der Waals surface area contributed by atoms with E-state index in [1.807, 2.05) is 30.3 Å². The van der Waals surface area contributed by atoms with Crippen LogP contribution in [0.2, 0.25) is 0 Å². The average Bonchev–Trinajstić information content (AvgIpc) is 3.20. The lowest BCUT2D eigenvalue weighted by Gasteiger charge is -2.35. The molecule has 3 aromatic rings. The summed E-state index contributed by atoms with van der Waals surface area (Å²) in [4.78, 5) is 6.40. The average molecular weight is 404 g/mol. The number of hydrogen-bond acceptors (Lipinski definition) is 5. The lowest BCUT2D eigenvalue weighted by molar-refractivity contribution is 0.386. The van der Waals surface area contributed by atoms with E-state index in [-0.39, 0.29) is 10.0 Å². The van der Waals surface area contributed by atoms with E-state index in [1.165, 1.54) is 22.6 Å². The first-order chi connectivity index (χ1) is 13.0. The second-order valence-electron chi connectivity index (χ2n) is 6.22. The van der Waals surface area contributed by atoms with Gasteiger partial charge in [-0.3, -0.25) is 0 Å². The molecule has 1 aliphatic heterocycles. The zero-order chi connectivity index (χ0) is 18.9. The molecule has 0 spiro atoms. The molecule has 1 aliphatic rings. The second-order valence-corrected chi connectivity index (χ2v) is 9.41. The molecule has 1 saturated heterocycles. The third-order valence-corrected chi connectivity index (χ3v) is 7.91. The van der Waals surface area contributed by atoms with Crippen molar-refractivity contribution in [2.75, 3.05) is 31.1 Å². The summed E-state index contributed by atoms with van der Waals surface area (Å²) < 4.78 is 40.7. The van der Waals surface area contributed by atoms with Crippen LogP contribution >= 0.6 is 11.3 Å². The van der Waals surface area contributed by atoms with Crippen molar-refractivity contribution in [1.82, 2.24) is 9.29 Å². The highest BCUT2D eigenvalue weighted by molar-refractivity contribution is 7.91. The zero-order valence-corrected chi connectivity index (χ0v) is 16.1. The first-order valence-electron chi connectivity index (χ1n) is 8.56. The predicted molar refractivity (Wildman–Crippen MR) is 105 cm³/mol. The Morgan fingerprint density at radius 3 is 2.26 bits per heavy atom. The van der Waals surface area contributed by atoms with Gasteiger partial charge in [0, 0.05) is 37.4 Å². The third-order valence-electron chi connectivity index (χ3n) is 4.53. The Bertz CT molecular complexity index is 1010. The van der Waals surface area contributed by atoms with Gasteiger partial charge in [-0.2, -0.15) is 4.31 Å². The van der Waals surface area contributed by atoms with Crippen molar-refractivity contribution in [2.45, 2.75) is 4.21 Å². The van der Waals surface area contributed by atoms with Gasteiger partial charge in [0.15, 0.2) is 4.21 Å². The second kappa shape index (κ2) is 7.38. The number of nitrogens with zero attached hydrogens (tertiary/aromatic N) is 3. The Morgan fingerprint density at radius 1 is 0.926 bits per heavy atom. The van der Waals surface area contributed by atoms with E-state index < -0.39 is 10.0 Å². The SMILES string of the molecule is O=S(=O)(c1cnc(-c2ccc(F)cc2)s1)N1CCN(c2ccccc2)CC1. The summed E-state index contributed by atoms with van der Waals surface area (Å²) >= 11 is 1.11. The standard InChI is InChI=1S/C19H18FN3O2S2/c20-16-8-6-15(7-9-16)19-21-14-18(26-19)27(24,25)23-12-10-22(11-13-23)17-4-2-1-3-5-17/h1-9,14H,10-13H2. The Hall–Kier alpha value is -2.29. The molecule has 2 aromatic carbocycles. The molecule has 1 fully saturated rings. The summed E-state index contributed by atoms with van der Waals surface area (Å²) in [5.41, 5.74) is 1.81. The highest BCUT2D eigenvalue weighted by atomic mass is 32.2. The Labute approximate surface area is 161 Å². The van der Waals surface area contributed by atoms with Crippen LogP contribution in [0.5, 0.6) is 0 Å². The predicted octanol–water partition coefficient (Wildman–Crippen LogP) is 3.46. The molecule has 0 radical (unpaired) electrons. The first kappa shape index (κ1) is 18.1. The van der Waals surface area contributed by atoms with Gasteiger partial charge in [0.2, 0.25) is 0 Å². The molecule has 1 aromatic heterocycles. The Kier molecular flexibility index (Phi) is 4.94. The molecule has 0 amide bonds. The number of benzene rings is 2. The fourth-order valence-corrected chi connectivity index (χ4v) is 5.77. The molecule has 0 bridgehead atoms. The zero-order valence-electron chi connectivity index (χ0n) is 14.5. The van der Waals surface area contributed by atoms with Gasteiger partial charge in [-0.25, -0.2) is 17.8 Å².